The van der Waals surface area contributed by atoms with E-state index in [1.54, 1.807) is 0 Å². The summed E-state index contributed by atoms with van der Waals surface area (Å²) in [4.78, 5) is 0. The molecule has 10 heavy (non-hydrogen) atoms. The molecular formula is C8H18O2. The highest BCUT2D eigenvalue weighted by molar-refractivity contribution is 4.53. The van der Waals surface area contributed by atoms with E-state index in [1.165, 1.54) is 0 Å². The van der Waals surface area contributed by atoms with Crippen LogP contribution in [0.15, 0.2) is 0 Å². The quantitative estimate of drug-likeness (QED) is 0.555. The van der Waals surface area contributed by atoms with Crippen molar-refractivity contribution in [3.8, 4) is 0 Å². The van der Waals surface area contributed by atoms with Crippen molar-refractivity contribution in [2.24, 2.45) is 0 Å². The van der Waals surface area contributed by atoms with Gasteiger partial charge in [-0.15, -0.1) is 0 Å². The van der Waals surface area contributed by atoms with Gasteiger partial charge in [0, 0.05) is 6.61 Å². The summed E-state index contributed by atoms with van der Waals surface area (Å²) in [5.74, 6) is 0. The van der Waals surface area contributed by atoms with Gasteiger partial charge in [0.25, 0.3) is 0 Å². The Labute approximate surface area is 62.9 Å². The molecule has 0 aromatic heterocycles. The standard InChI is InChI=1S/C8H18O2/c1-2-5-8(10)6-3-4-7-9/h8-10H,2-7H2,1H3/t8-/m1/s1. The van der Waals surface area contributed by atoms with Gasteiger partial charge in [0.2, 0.25) is 0 Å². The summed E-state index contributed by atoms with van der Waals surface area (Å²) in [6.07, 6.45) is 4.40. The fourth-order valence-corrected chi connectivity index (χ4v) is 0.969. The Bertz CT molecular complexity index is 64.3. The lowest BCUT2D eigenvalue weighted by Crippen LogP contribution is -2.05. The molecule has 0 fully saturated rings. The summed E-state index contributed by atoms with van der Waals surface area (Å²) in [6, 6.07) is 0. The Morgan fingerprint density at radius 3 is 2.40 bits per heavy atom. The molecular weight excluding hydrogens is 128 g/mol. The molecule has 0 amide bonds. The zero-order chi connectivity index (χ0) is 7.82. The third-order valence-electron chi connectivity index (χ3n) is 1.57. The van der Waals surface area contributed by atoms with Gasteiger partial charge >= 0.3 is 0 Å². The monoisotopic (exact) mass is 146 g/mol. The molecule has 1 atom stereocenters. The number of hydrogen-bond acceptors (Lipinski definition) is 2. The second kappa shape index (κ2) is 7.03. The van der Waals surface area contributed by atoms with E-state index in [4.69, 9.17) is 5.11 Å². The fraction of sp³-hybridized carbons (Fsp3) is 1.00. The predicted molar refractivity (Wildman–Crippen MR) is 41.9 cm³/mol. The van der Waals surface area contributed by atoms with E-state index in [2.05, 4.69) is 6.92 Å². The number of rotatable bonds is 6. The smallest absolute Gasteiger partial charge is 0.0540 e. The van der Waals surface area contributed by atoms with Crippen LogP contribution in [-0.2, 0) is 0 Å². The fourth-order valence-electron chi connectivity index (χ4n) is 0.969. The number of aliphatic hydroxyl groups excluding tert-OH is 2. The normalized spacial score (nSPS) is 13.5. The Kier molecular flexibility index (Phi) is 6.98. The van der Waals surface area contributed by atoms with Gasteiger partial charge in [-0.1, -0.05) is 13.3 Å². The van der Waals surface area contributed by atoms with Crippen LogP contribution in [0.5, 0.6) is 0 Å². The van der Waals surface area contributed by atoms with Crippen molar-refractivity contribution in [1.29, 1.82) is 0 Å². The average Bonchev–Trinajstić information content (AvgIpc) is 1.89. The molecule has 62 valence electrons. The number of aliphatic hydroxyl groups is 2. The summed E-state index contributed by atoms with van der Waals surface area (Å²) >= 11 is 0. The van der Waals surface area contributed by atoms with Gasteiger partial charge in [-0.25, -0.2) is 0 Å². The van der Waals surface area contributed by atoms with Crippen molar-refractivity contribution >= 4 is 0 Å². The van der Waals surface area contributed by atoms with Gasteiger partial charge < -0.3 is 10.2 Å². The zero-order valence-corrected chi connectivity index (χ0v) is 6.71. The summed E-state index contributed by atoms with van der Waals surface area (Å²) < 4.78 is 0. The van der Waals surface area contributed by atoms with Crippen molar-refractivity contribution in [3.63, 3.8) is 0 Å². The topological polar surface area (TPSA) is 40.5 Å². The third kappa shape index (κ3) is 6.05. The Morgan fingerprint density at radius 1 is 1.20 bits per heavy atom. The molecule has 0 rings (SSSR count). The van der Waals surface area contributed by atoms with Crippen molar-refractivity contribution in [1.82, 2.24) is 0 Å². The van der Waals surface area contributed by atoms with Crippen LogP contribution >= 0.6 is 0 Å². The first-order chi connectivity index (χ1) is 4.81. The molecule has 0 aromatic rings. The highest BCUT2D eigenvalue weighted by atomic mass is 16.3. The van der Waals surface area contributed by atoms with Gasteiger partial charge in [0.15, 0.2) is 0 Å². The first kappa shape index (κ1) is 9.92. The molecule has 0 aliphatic heterocycles. The van der Waals surface area contributed by atoms with Crippen LogP contribution in [0.2, 0.25) is 0 Å². The maximum absolute atomic E-state index is 9.19. The van der Waals surface area contributed by atoms with Gasteiger partial charge in [-0.05, 0) is 25.7 Å². The summed E-state index contributed by atoms with van der Waals surface area (Å²) in [6.45, 7) is 2.31. The maximum Gasteiger partial charge on any atom is 0.0540 e. The van der Waals surface area contributed by atoms with E-state index in [9.17, 15) is 5.11 Å². The van der Waals surface area contributed by atoms with E-state index >= 15 is 0 Å². The van der Waals surface area contributed by atoms with E-state index < -0.39 is 0 Å². The first-order valence-electron chi connectivity index (χ1n) is 4.10. The molecule has 0 radical (unpaired) electrons. The molecule has 2 heteroatoms. The Hall–Kier alpha value is -0.0800. The van der Waals surface area contributed by atoms with Crippen LogP contribution in [0, 0.1) is 0 Å². The lowest BCUT2D eigenvalue weighted by atomic mass is 10.1. The second-order valence-corrected chi connectivity index (χ2v) is 2.66. The van der Waals surface area contributed by atoms with Crippen molar-refractivity contribution in [3.05, 3.63) is 0 Å². The van der Waals surface area contributed by atoms with Crippen molar-refractivity contribution in [2.45, 2.75) is 45.1 Å². The van der Waals surface area contributed by atoms with E-state index in [1.807, 2.05) is 0 Å². The van der Waals surface area contributed by atoms with Crippen LogP contribution in [-0.4, -0.2) is 22.9 Å². The average molecular weight is 146 g/mol. The molecule has 2 nitrogen and oxygen atoms in total. The lowest BCUT2D eigenvalue weighted by molar-refractivity contribution is 0.147. The molecule has 0 unspecified atom stereocenters. The van der Waals surface area contributed by atoms with Crippen LogP contribution < -0.4 is 0 Å². The zero-order valence-electron chi connectivity index (χ0n) is 6.71. The highest BCUT2D eigenvalue weighted by Crippen LogP contribution is 2.05. The Balaban J connectivity index is 2.97. The van der Waals surface area contributed by atoms with Gasteiger partial charge in [-0.2, -0.15) is 0 Å². The van der Waals surface area contributed by atoms with Crippen LogP contribution in [0.3, 0.4) is 0 Å². The minimum absolute atomic E-state index is 0.142. The lowest BCUT2D eigenvalue weighted by Gasteiger charge is -2.06. The largest absolute Gasteiger partial charge is 0.396 e. The van der Waals surface area contributed by atoms with Gasteiger partial charge in [0.1, 0.15) is 0 Å². The summed E-state index contributed by atoms with van der Waals surface area (Å²) in [5, 5.41) is 17.6. The minimum Gasteiger partial charge on any atom is -0.396 e. The van der Waals surface area contributed by atoms with Crippen LogP contribution in [0.25, 0.3) is 0 Å². The Morgan fingerprint density at radius 2 is 1.90 bits per heavy atom. The molecule has 0 aromatic carbocycles. The molecule has 0 aliphatic carbocycles. The van der Waals surface area contributed by atoms with Crippen molar-refractivity contribution in [2.75, 3.05) is 6.61 Å². The number of unbranched alkanes of at least 4 members (excludes halogenated alkanes) is 1. The molecule has 0 aliphatic rings. The molecule has 0 heterocycles. The maximum atomic E-state index is 9.19. The molecule has 0 spiro atoms. The van der Waals surface area contributed by atoms with Crippen molar-refractivity contribution < 1.29 is 10.2 Å². The summed E-state index contributed by atoms with van der Waals surface area (Å²) in [7, 11) is 0. The SMILES string of the molecule is CCC[C@@H](O)CCCCO. The number of hydrogen-bond donors (Lipinski definition) is 2. The van der Waals surface area contributed by atoms with E-state index in [0.717, 1.165) is 32.1 Å². The molecule has 0 bridgehead atoms. The first-order valence-corrected chi connectivity index (χ1v) is 4.10. The van der Waals surface area contributed by atoms with Crippen LogP contribution in [0.4, 0.5) is 0 Å². The third-order valence-corrected chi connectivity index (χ3v) is 1.57. The minimum atomic E-state index is -0.142. The molecule has 0 saturated heterocycles. The molecule has 2 N–H and O–H groups in total. The second-order valence-electron chi connectivity index (χ2n) is 2.66. The summed E-state index contributed by atoms with van der Waals surface area (Å²) in [5.41, 5.74) is 0. The van der Waals surface area contributed by atoms with E-state index in [-0.39, 0.29) is 12.7 Å². The van der Waals surface area contributed by atoms with E-state index in [0.29, 0.717) is 0 Å². The predicted octanol–water partition coefficient (Wildman–Crippen LogP) is 1.31. The van der Waals surface area contributed by atoms with Gasteiger partial charge in [-0.3, -0.25) is 0 Å². The van der Waals surface area contributed by atoms with Crippen LogP contribution in [0.1, 0.15) is 39.0 Å². The highest BCUT2D eigenvalue weighted by Gasteiger charge is 2.00. The molecule has 0 saturated carbocycles. The van der Waals surface area contributed by atoms with Gasteiger partial charge in [0.05, 0.1) is 6.10 Å².